The van der Waals surface area contributed by atoms with E-state index < -0.39 is 0 Å². The van der Waals surface area contributed by atoms with Gasteiger partial charge >= 0.3 is 11.9 Å². The zero-order valence-corrected chi connectivity index (χ0v) is 33.2. The lowest BCUT2D eigenvalue weighted by Gasteiger charge is -2.09. The minimum absolute atomic E-state index is 0.368. The van der Waals surface area contributed by atoms with Crippen molar-refractivity contribution in [2.75, 3.05) is 19.8 Å². The number of carbonyl (C=O) groups is 2. The van der Waals surface area contributed by atoms with Crippen molar-refractivity contribution in [1.82, 2.24) is 0 Å². The molecule has 288 valence electrons. The van der Waals surface area contributed by atoms with Crippen molar-refractivity contribution in [1.29, 1.82) is 0 Å². The van der Waals surface area contributed by atoms with Crippen LogP contribution in [0.15, 0.2) is 110 Å². The van der Waals surface area contributed by atoms with Crippen LogP contribution < -0.4 is 4.74 Å². The van der Waals surface area contributed by atoms with E-state index in [1.54, 1.807) is 0 Å². The fraction of sp³-hybridized carbons (Fsp3) is 0.269. The Labute approximate surface area is 338 Å². The monoisotopic (exact) mass is 754 g/mol. The lowest BCUT2D eigenvalue weighted by Crippen LogP contribution is -2.02. The quantitative estimate of drug-likeness (QED) is 0.0434. The molecule has 0 aliphatic rings. The predicted molar refractivity (Wildman–Crippen MR) is 232 cm³/mol. The minimum atomic E-state index is -0.386. The average molecular weight is 755 g/mol. The summed E-state index contributed by atoms with van der Waals surface area (Å²) in [6, 6.07) is 29.5. The summed E-state index contributed by atoms with van der Waals surface area (Å²) in [5, 5.41) is 4.49. The molecule has 0 N–H and O–H groups in total. The van der Waals surface area contributed by atoms with Gasteiger partial charge in [-0.1, -0.05) is 86.8 Å². The van der Waals surface area contributed by atoms with Crippen molar-refractivity contribution in [3.8, 4) is 41.3 Å². The van der Waals surface area contributed by atoms with Crippen molar-refractivity contribution < 1.29 is 23.8 Å². The van der Waals surface area contributed by atoms with Gasteiger partial charge in [-0.15, -0.1) is 0 Å². The van der Waals surface area contributed by atoms with Crippen LogP contribution in [0, 0.1) is 35.5 Å². The van der Waals surface area contributed by atoms with Crippen LogP contribution >= 0.6 is 0 Å². The number of aryl methyl sites for hydroxylation is 2. The number of rotatable bonds is 16. The molecular weight excluding hydrogens is 705 g/mol. The molecule has 0 spiro atoms. The zero-order chi connectivity index (χ0) is 40.2. The van der Waals surface area contributed by atoms with Crippen molar-refractivity contribution in [2.24, 2.45) is 0 Å². The number of fused-ring (bicyclic) bond motifs is 2. The van der Waals surface area contributed by atoms with Crippen molar-refractivity contribution in [3.63, 3.8) is 0 Å². The van der Waals surface area contributed by atoms with Gasteiger partial charge in [0.25, 0.3) is 0 Å². The standard InChI is InChI=1S/C52H50O5/c1-5-42-37-48(26-21-41-22-27-49-38-50(29-28-46(49)35-41)55-30-14-11-12-16-32-57-52(54)8-4)43(6-2)36-47(42)25-20-40-19-24-44-33-39(18-23-45(44)34-40)17-13-9-10-15-31-56-51(53)7-3/h7-8,18-19,22-24,27-29,33-38H,3-6,9-12,14-16,30-32H2,1-2H3. The van der Waals surface area contributed by atoms with Crippen LogP contribution in [0.25, 0.3) is 21.5 Å². The highest BCUT2D eigenvalue weighted by Crippen LogP contribution is 2.24. The molecule has 0 fully saturated rings. The Morgan fingerprint density at radius 3 is 1.49 bits per heavy atom. The first-order valence-corrected chi connectivity index (χ1v) is 19.9. The second kappa shape index (κ2) is 22.2. The Morgan fingerprint density at radius 2 is 0.982 bits per heavy atom. The summed E-state index contributed by atoms with van der Waals surface area (Å²) in [5.41, 5.74) is 7.37. The van der Waals surface area contributed by atoms with Gasteiger partial charge in [0.15, 0.2) is 0 Å². The van der Waals surface area contributed by atoms with E-state index in [2.05, 4.69) is 135 Å². The van der Waals surface area contributed by atoms with Gasteiger partial charge in [0, 0.05) is 46.4 Å². The van der Waals surface area contributed by atoms with Gasteiger partial charge < -0.3 is 14.2 Å². The van der Waals surface area contributed by atoms with Gasteiger partial charge in [-0.25, -0.2) is 9.59 Å². The third kappa shape index (κ3) is 13.1. The fourth-order valence-corrected chi connectivity index (χ4v) is 6.27. The van der Waals surface area contributed by atoms with Gasteiger partial charge in [-0.2, -0.15) is 0 Å². The van der Waals surface area contributed by atoms with Gasteiger partial charge in [-0.3, -0.25) is 0 Å². The Kier molecular flexibility index (Phi) is 16.2. The molecule has 5 aromatic rings. The molecule has 5 aromatic carbocycles. The normalized spacial score (nSPS) is 10.3. The summed E-state index contributed by atoms with van der Waals surface area (Å²) in [5.74, 6) is 20.3. The van der Waals surface area contributed by atoms with E-state index in [0.29, 0.717) is 19.8 Å². The third-order valence-electron chi connectivity index (χ3n) is 9.48. The van der Waals surface area contributed by atoms with Gasteiger partial charge in [0.05, 0.1) is 19.8 Å². The van der Waals surface area contributed by atoms with Crippen LogP contribution in [0.2, 0.25) is 0 Å². The molecule has 0 bridgehead atoms. The number of benzene rings is 5. The minimum Gasteiger partial charge on any atom is -0.494 e. The number of carbonyl (C=O) groups excluding carboxylic acids is 2. The Morgan fingerprint density at radius 1 is 0.526 bits per heavy atom. The Bertz CT molecular complexity index is 2420. The molecule has 0 heterocycles. The van der Waals surface area contributed by atoms with Crippen molar-refractivity contribution >= 4 is 33.5 Å². The number of unbranched alkanes of at least 4 members (excludes halogenated alkanes) is 5. The second-order valence-corrected chi connectivity index (χ2v) is 13.6. The Hall–Kier alpha value is -6.48. The summed E-state index contributed by atoms with van der Waals surface area (Å²) in [6.07, 6.45) is 10.3. The molecule has 57 heavy (non-hydrogen) atoms. The molecule has 0 aromatic heterocycles. The summed E-state index contributed by atoms with van der Waals surface area (Å²) < 4.78 is 16.0. The van der Waals surface area contributed by atoms with E-state index in [0.717, 1.165) is 113 Å². The van der Waals surface area contributed by atoms with Crippen LogP contribution in [0.3, 0.4) is 0 Å². The molecule has 0 unspecified atom stereocenters. The van der Waals surface area contributed by atoms with E-state index in [9.17, 15) is 9.59 Å². The van der Waals surface area contributed by atoms with E-state index in [4.69, 9.17) is 14.2 Å². The van der Waals surface area contributed by atoms with Gasteiger partial charge in [-0.05, 0) is 145 Å². The SMILES string of the molecule is C=CC(=O)OCCCCC#Cc1ccc2cc(C#Cc3cc(CC)c(C#Cc4ccc5cc(OCCCCCCOC(=O)C=C)ccc5c4)cc3CC)ccc2c1. The first kappa shape index (κ1) is 41.7. The number of esters is 2. The molecule has 0 aliphatic heterocycles. The van der Waals surface area contributed by atoms with Gasteiger partial charge in [0.1, 0.15) is 5.75 Å². The number of hydrogen-bond donors (Lipinski definition) is 0. The van der Waals surface area contributed by atoms with E-state index >= 15 is 0 Å². The molecule has 0 radical (unpaired) electrons. The third-order valence-corrected chi connectivity index (χ3v) is 9.48. The summed E-state index contributed by atoms with van der Waals surface area (Å²) in [4.78, 5) is 22.2. The lowest BCUT2D eigenvalue weighted by molar-refractivity contribution is -0.138. The van der Waals surface area contributed by atoms with E-state index in [-0.39, 0.29) is 11.9 Å². The maximum absolute atomic E-state index is 11.1. The van der Waals surface area contributed by atoms with Gasteiger partial charge in [0.2, 0.25) is 0 Å². The number of hydrogen-bond acceptors (Lipinski definition) is 5. The van der Waals surface area contributed by atoms with Crippen molar-refractivity contribution in [3.05, 3.63) is 149 Å². The highest BCUT2D eigenvalue weighted by atomic mass is 16.5. The van der Waals surface area contributed by atoms with E-state index in [1.165, 1.54) is 23.3 Å². The first-order valence-electron chi connectivity index (χ1n) is 19.9. The van der Waals surface area contributed by atoms with Crippen LogP contribution in [-0.2, 0) is 31.9 Å². The molecule has 0 saturated carbocycles. The highest BCUT2D eigenvalue weighted by Gasteiger charge is 2.07. The maximum Gasteiger partial charge on any atom is 0.330 e. The topological polar surface area (TPSA) is 61.8 Å². The molecule has 0 aliphatic carbocycles. The molecule has 0 saturated heterocycles. The summed E-state index contributed by atoms with van der Waals surface area (Å²) in [7, 11) is 0. The molecular formula is C52H50O5. The van der Waals surface area contributed by atoms with Crippen LogP contribution in [0.5, 0.6) is 5.75 Å². The molecule has 5 rings (SSSR count). The van der Waals surface area contributed by atoms with E-state index in [1.807, 2.05) is 12.1 Å². The predicted octanol–water partition coefficient (Wildman–Crippen LogP) is 10.8. The maximum atomic E-state index is 11.1. The molecule has 0 atom stereocenters. The second-order valence-electron chi connectivity index (χ2n) is 13.6. The zero-order valence-electron chi connectivity index (χ0n) is 33.2. The molecule has 5 nitrogen and oxygen atoms in total. The van der Waals surface area contributed by atoms with Crippen molar-refractivity contribution in [2.45, 2.75) is 71.6 Å². The largest absolute Gasteiger partial charge is 0.494 e. The summed E-state index contributed by atoms with van der Waals surface area (Å²) >= 11 is 0. The molecule has 5 heteroatoms. The Balaban J connectivity index is 1.19. The number of ether oxygens (including phenoxy) is 3. The van der Waals surface area contributed by atoms with Crippen LogP contribution in [0.1, 0.15) is 97.7 Å². The average Bonchev–Trinajstić information content (AvgIpc) is 3.24. The smallest absolute Gasteiger partial charge is 0.330 e. The highest BCUT2D eigenvalue weighted by molar-refractivity contribution is 5.86. The van der Waals surface area contributed by atoms with Crippen LogP contribution in [0.4, 0.5) is 0 Å². The lowest BCUT2D eigenvalue weighted by atomic mass is 9.95. The molecule has 0 amide bonds. The van der Waals surface area contributed by atoms with Crippen LogP contribution in [-0.4, -0.2) is 31.8 Å². The summed E-state index contributed by atoms with van der Waals surface area (Å²) in [6.45, 7) is 12.6. The fourth-order valence-electron chi connectivity index (χ4n) is 6.27. The first-order chi connectivity index (χ1) is 27.9.